The molecule has 98 valence electrons. The third-order valence-electron chi connectivity index (χ3n) is 2.73. The van der Waals surface area contributed by atoms with Crippen LogP contribution in [0.15, 0.2) is 24.3 Å². The summed E-state index contributed by atoms with van der Waals surface area (Å²) >= 11 is 0. The third kappa shape index (κ3) is 3.85. The Morgan fingerprint density at radius 1 is 1.28 bits per heavy atom. The van der Waals surface area contributed by atoms with Crippen molar-refractivity contribution in [3.63, 3.8) is 0 Å². The zero-order valence-electron chi connectivity index (χ0n) is 10.5. The van der Waals surface area contributed by atoms with Crippen molar-refractivity contribution >= 4 is 17.5 Å². The van der Waals surface area contributed by atoms with Gasteiger partial charge in [0.05, 0.1) is 5.92 Å². The van der Waals surface area contributed by atoms with Crippen LogP contribution in [0.25, 0.3) is 0 Å². The second-order valence-electron chi connectivity index (χ2n) is 4.15. The summed E-state index contributed by atoms with van der Waals surface area (Å²) in [5.74, 6) is -0.754. The third-order valence-corrected chi connectivity index (χ3v) is 2.73. The minimum Gasteiger partial charge on any atom is -0.366 e. The predicted molar refractivity (Wildman–Crippen MR) is 71.0 cm³/mol. The van der Waals surface area contributed by atoms with Crippen molar-refractivity contribution in [3.8, 4) is 0 Å². The number of rotatable bonds is 6. The molecule has 0 aliphatic heterocycles. The lowest BCUT2D eigenvalue weighted by atomic mass is 10.0. The number of hydrogen-bond donors (Lipinski definition) is 3. The van der Waals surface area contributed by atoms with E-state index in [0.29, 0.717) is 17.8 Å². The SMILES string of the molecule is CCCC(CN)C(=O)Nc1ccc(C(N)=O)cc1. The number of carbonyl (C=O) groups is 2. The van der Waals surface area contributed by atoms with Gasteiger partial charge in [-0.1, -0.05) is 13.3 Å². The van der Waals surface area contributed by atoms with E-state index in [2.05, 4.69) is 5.32 Å². The standard InChI is InChI=1S/C13H19N3O2/c1-2-3-10(8-14)13(18)16-11-6-4-9(5-7-11)12(15)17/h4-7,10H,2-3,8,14H2,1H3,(H2,15,17)(H,16,18). The van der Waals surface area contributed by atoms with Crippen LogP contribution < -0.4 is 16.8 Å². The van der Waals surface area contributed by atoms with Gasteiger partial charge in [-0.15, -0.1) is 0 Å². The summed E-state index contributed by atoms with van der Waals surface area (Å²) in [7, 11) is 0. The fourth-order valence-electron chi connectivity index (χ4n) is 1.67. The first-order chi connectivity index (χ1) is 8.58. The maximum Gasteiger partial charge on any atom is 0.248 e. The number of carbonyl (C=O) groups excluding carboxylic acids is 2. The van der Waals surface area contributed by atoms with Crippen LogP contribution in [0, 0.1) is 5.92 Å². The monoisotopic (exact) mass is 249 g/mol. The lowest BCUT2D eigenvalue weighted by Gasteiger charge is -2.13. The molecule has 5 nitrogen and oxygen atoms in total. The first-order valence-electron chi connectivity index (χ1n) is 5.99. The van der Waals surface area contributed by atoms with Gasteiger partial charge in [0.25, 0.3) is 0 Å². The summed E-state index contributed by atoms with van der Waals surface area (Å²) in [6.07, 6.45) is 1.68. The highest BCUT2D eigenvalue weighted by Crippen LogP contribution is 2.12. The molecule has 0 heterocycles. The van der Waals surface area contributed by atoms with Crippen LogP contribution in [0.5, 0.6) is 0 Å². The van der Waals surface area contributed by atoms with E-state index in [1.807, 2.05) is 6.92 Å². The number of anilines is 1. The average molecular weight is 249 g/mol. The molecule has 5 N–H and O–H groups in total. The second kappa shape index (κ2) is 6.76. The Morgan fingerprint density at radius 3 is 2.33 bits per heavy atom. The van der Waals surface area contributed by atoms with Gasteiger partial charge in [-0.3, -0.25) is 9.59 Å². The first kappa shape index (κ1) is 14.2. The van der Waals surface area contributed by atoms with E-state index in [9.17, 15) is 9.59 Å². The Hall–Kier alpha value is -1.88. The lowest BCUT2D eigenvalue weighted by Crippen LogP contribution is -2.29. The number of amides is 2. The van der Waals surface area contributed by atoms with Gasteiger partial charge in [-0.25, -0.2) is 0 Å². The molecule has 0 radical (unpaired) electrons. The molecule has 1 atom stereocenters. The summed E-state index contributed by atoms with van der Waals surface area (Å²) in [6, 6.07) is 6.46. The summed E-state index contributed by atoms with van der Waals surface area (Å²) in [5, 5.41) is 2.77. The molecule has 1 rings (SSSR count). The van der Waals surface area contributed by atoms with Gasteiger partial charge in [-0.2, -0.15) is 0 Å². The first-order valence-corrected chi connectivity index (χ1v) is 5.99. The van der Waals surface area contributed by atoms with Crippen LogP contribution >= 0.6 is 0 Å². The number of benzene rings is 1. The molecule has 0 fully saturated rings. The zero-order valence-corrected chi connectivity index (χ0v) is 10.5. The van der Waals surface area contributed by atoms with Crippen LogP contribution in [0.4, 0.5) is 5.69 Å². The molecule has 0 bridgehead atoms. The topological polar surface area (TPSA) is 98.2 Å². The highest BCUT2D eigenvalue weighted by molar-refractivity contribution is 5.95. The molecule has 1 aromatic carbocycles. The lowest BCUT2D eigenvalue weighted by molar-refractivity contribution is -0.119. The normalized spacial score (nSPS) is 11.9. The molecular formula is C13H19N3O2. The van der Waals surface area contributed by atoms with Crippen molar-refractivity contribution in [3.05, 3.63) is 29.8 Å². The Labute approximate surface area is 107 Å². The predicted octanol–water partition coefficient (Wildman–Crippen LogP) is 1.10. The van der Waals surface area contributed by atoms with Crippen molar-refractivity contribution in [2.45, 2.75) is 19.8 Å². The average Bonchev–Trinajstić information content (AvgIpc) is 2.36. The quantitative estimate of drug-likeness (QED) is 0.704. The minimum absolute atomic E-state index is 0.0915. The fraction of sp³-hybridized carbons (Fsp3) is 0.385. The van der Waals surface area contributed by atoms with Gasteiger partial charge >= 0.3 is 0 Å². The van der Waals surface area contributed by atoms with Crippen LogP contribution in [-0.4, -0.2) is 18.4 Å². The van der Waals surface area contributed by atoms with E-state index in [0.717, 1.165) is 12.8 Å². The van der Waals surface area contributed by atoms with Gasteiger partial charge in [0.2, 0.25) is 11.8 Å². The number of nitrogens with two attached hydrogens (primary N) is 2. The summed E-state index contributed by atoms with van der Waals surface area (Å²) in [6.45, 7) is 2.34. The second-order valence-corrected chi connectivity index (χ2v) is 4.15. The van der Waals surface area contributed by atoms with Crippen molar-refractivity contribution in [2.75, 3.05) is 11.9 Å². The molecule has 1 unspecified atom stereocenters. The maximum atomic E-state index is 11.9. The van der Waals surface area contributed by atoms with E-state index in [-0.39, 0.29) is 11.8 Å². The zero-order chi connectivity index (χ0) is 13.5. The highest BCUT2D eigenvalue weighted by atomic mass is 16.2. The van der Waals surface area contributed by atoms with Gasteiger partial charge < -0.3 is 16.8 Å². The van der Waals surface area contributed by atoms with E-state index in [1.165, 1.54) is 0 Å². The molecule has 0 aliphatic carbocycles. The summed E-state index contributed by atoms with van der Waals surface area (Å²) < 4.78 is 0. The number of nitrogens with one attached hydrogen (secondary N) is 1. The van der Waals surface area contributed by atoms with E-state index in [1.54, 1.807) is 24.3 Å². The van der Waals surface area contributed by atoms with Gasteiger partial charge in [0.15, 0.2) is 0 Å². The van der Waals surface area contributed by atoms with Crippen molar-refractivity contribution < 1.29 is 9.59 Å². The number of primary amides is 1. The molecule has 0 aliphatic rings. The Balaban J connectivity index is 2.66. The largest absolute Gasteiger partial charge is 0.366 e. The Morgan fingerprint density at radius 2 is 1.89 bits per heavy atom. The molecule has 2 amide bonds. The van der Waals surface area contributed by atoms with Gasteiger partial charge in [-0.05, 0) is 30.7 Å². The molecule has 5 heteroatoms. The molecule has 0 saturated heterocycles. The highest BCUT2D eigenvalue weighted by Gasteiger charge is 2.15. The fourth-order valence-corrected chi connectivity index (χ4v) is 1.67. The van der Waals surface area contributed by atoms with Gasteiger partial charge in [0.1, 0.15) is 0 Å². The summed E-state index contributed by atoms with van der Waals surface area (Å²) in [4.78, 5) is 22.8. The molecule has 1 aromatic rings. The maximum absolute atomic E-state index is 11.9. The smallest absolute Gasteiger partial charge is 0.248 e. The minimum atomic E-state index is -0.487. The molecule has 18 heavy (non-hydrogen) atoms. The Bertz CT molecular complexity index is 415. The van der Waals surface area contributed by atoms with E-state index < -0.39 is 5.91 Å². The van der Waals surface area contributed by atoms with Crippen molar-refractivity contribution in [1.29, 1.82) is 0 Å². The van der Waals surface area contributed by atoms with Crippen LogP contribution in [-0.2, 0) is 4.79 Å². The molecule has 0 spiro atoms. The van der Waals surface area contributed by atoms with Crippen LogP contribution in [0.2, 0.25) is 0 Å². The Kier molecular flexibility index (Phi) is 5.32. The summed E-state index contributed by atoms with van der Waals surface area (Å²) in [5.41, 5.74) is 11.7. The van der Waals surface area contributed by atoms with Crippen LogP contribution in [0.1, 0.15) is 30.1 Å². The van der Waals surface area contributed by atoms with Crippen molar-refractivity contribution in [2.24, 2.45) is 17.4 Å². The van der Waals surface area contributed by atoms with E-state index in [4.69, 9.17) is 11.5 Å². The van der Waals surface area contributed by atoms with Gasteiger partial charge in [0, 0.05) is 17.8 Å². The number of hydrogen-bond acceptors (Lipinski definition) is 3. The van der Waals surface area contributed by atoms with Crippen molar-refractivity contribution in [1.82, 2.24) is 0 Å². The molecule has 0 saturated carbocycles. The van der Waals surface area contributed by atoms with Crippen LogP contribution in [0.3, 0.4) is 0 Å². The van der Waals surface area contributed by atoms with E-state index >= 15 is 0 Å². The molecule has 0 aromatic heterocycles. The molecular weight excluding hydrogens is 230 g/mol.